The molecule has 1 aromatic heterocycles. The fourth-order valence-electron chi connectivity index (χ4n) is 1.56. The topological polar surface area (TPSA) is 38.9 Å². The first kappa shape index (κ1) is 13.2. The van der Waals surface area contributed by atoms with Gasteiger partial charge in [-0.1, -0.05) is 19.9 Å². The van der Waals surface area contributed by atoms with Gasteiger partial charge < -0.3 is 5.73 Å². The number of pyridine rings is 1. The highest BCUT2D eigenvalue weighted by Gasteiger charge is 2.07. The Labute approximate surface area is 101 Å². The Morgan fingerprint density at radius 2 is 1.82 bits per heavy atom. The number of hydrogen-bond donors (Lipinski definition) is 1. The summed E-state index contributed by atoms with van der Waals surface area (Å²) >= 11 is 0. The van der Waals surface area contributed by atoms with Crippen LogP contribution in [0.2, 0.25) is 0 Å². The first-order chi connectivity index (χ1) is 8.18. The summed E-state index contributed by atoms with van der Waals surface area (Å²) in [4.78, 5) is 3.91. The van der Waals surface area contributed by atoms with Gasteiger partial charge in [-0.2, -0.15) is 0 Å². The van der Waals surface area contributed by atoms with E-state index in [0.29, 0.717) is 11.3 Å². The maximum Gasteiger partial charge on any atom is 0.134 e. The molecule has 0 radical (unpaired) electrons. The van der Waals surface area contributed by atoms with Gasteiger partial charge in [0.05, 0.1) is 0 Å². The van der Waals surface area contributed by atoms with Gasteiger partial charge in [-0.25, -0.2) is 4.39 Å². The Kier molecular flexibility index (Phi) is 4.64. The van der Waals surface area contributed by atoms with Crippen molar-refractivity contribution in [2.24, 2.45) is 0 Å². The van der Waals surface area contributed by atoms with Crippen LogP contribution >= 0.6 is 0 Å². The van der Waals surface area contributed by atoms with Crippen LogP contribution in [0.1, 0.15) is 19.4 Å². The lowest BCUT2D eigenvalue weighted by Crippen LogP contribution is -1.91. The third-order valence-electron chi connectivity index (χ3n) is 2.31. The first-order valence-electron chi connectivity index (χ1n) is 5.64. The molecule has 0 spiro atoms. The molecule has 2 aromatic rings. The van der Waals surface area contributed by atoms with Gasteiger partial charge in [-0.3, -0.25) is 4.98 Å². The van der Waals surface area contributed by atoms with E-state index < -0.39 is 0 Å². The Balaban J connectivity index is 0.000000686. The number of hydrogen-bond acceptors (Lipinski definition) is 2. The third-order valence-corrected chi connectivity index (χ3v) is 2.31. The molecule has 0 amide bonds. The highest BCUT2D eigenvalue weighted by molar-refractivity contribution is 5.69. The second-order valence-electron chi connectivity index (χ2n) is 3.43. The van der Waals surface area contributed by atoms with Crippen molar-refractivity contribution >= 4 is 5.69 Å². The first-order valence-corrected chi connectivity index (χ1v) is 5.64. The average molecular weight is 232 g/mol. The van der Waals surface area contributed by atoms with E-state index in [9.17, 15) is 4.39 Å². The number of nitrogen functional groups attached to an aromatic ring is 1. The minimum Gasteiger partial charge on any atom is -0.399 e. The minimum absolute atomic E-state index is 0.266. The summed E-state index contributed by atoms with van der Waals surface area (Å²) < 4.78 is 13.5. The molecule has 0 atom stereocenters. The molecular weight excluding hydrogens is 215 g/mol. The van der Waals surface area contributed by atoms with Gasteiger partial charge in [-0.15, -0.1) is 0 Å². The molecule has 0 aliphatic carbocycles. The van der Waals surface area contributed by atoms with Gasteiger partial charge in [0, 0.05) is 23.6 Å². The Morgan fingerprint density at radius 1 is 1.12 bits per heavy atom. The predicted octanol–water partition coefficient (Wildman–Crippen LogP) is 3.80. The summed E-state index contributed by atoms with van der Waals surface area (Å²) in [6.07, 6.45) is 2.96. The molecule has 0 saturated heterocycles. The van der Waals surface area contributed by atoms with Crippen molar-refractivity contribution in [1.29, 1.82) is 0 Å². The second kappa shape index (κ2) is 5.99. The summed E-state index contributed by atoms with van der Waals surface area (Å²) in [6, 6.07) is 6.74. The quantitative estimate of drug-likeness (QED) is 0.759. The Hall–Kier alpha value is -1.90. The van der Waals surface area contributed by atoms with E-state index in [4.69, 9.17) is 5.73 Å². The van der Waals surface area contributed by atoms with Gasteiger partial charge >= 0.3 is 0 Å². The van der Waals surface area contributed by atoms with Crippen molar-refractivity contribution in [3.63, 3.8) is 0 Å². The summed E-state index contributed by atoms with van der Waals surface area (Å²) in [7, 11) is 0. The normalized spacial score (nSPS) is 9.41. The molecule has 2 rings (SSSR count). The zero-order chi connectivity index (χ0) is 12.8. The lowest BCUT2D eigenvalue weighted by atomic mass is 10.0. The van der Waals surface area contributed by atoms with Crippen LogP contribution in [0.25, 0.3) is 11.1 Å². The predicted molar refractivity (Wildman–Crippen MR) is 70.1 cm³/mol. The molecule has 0 unspecified atom stereocenters. The maximum absolute atomic E-state index is 13.5. The second-order valence-corrected chi connectivity index (χ2v) is 3.43. The highest BCUT2D eigenvalue weighted by atomic mass is 19.1. The molecule has 90 valence electrons. The maximum atomic E-state index is 13.5. The number of benzene rings is 1. The number of nitrogens with zero attached hydrogens (tertiary/aromatic N) is 1. The number of anilines is 1. The monoisotopic (exact) mass is 232 g/mol. The number of nitrogens with two attached hydrogens (primary N) is 1. The van der Waals surface area contributed by atoms with E-state index >= 15 is 0 Å². The molecule has 1 heterocycles. The lowest BCUT2D eigenvalue weighted by Gasteiger charge is -2.07. The van der Waals surface area contributed by atoms with E-state index in [1.54, 1.807) is 6.07 Å². The molecule has 17 heavy (non-hydrogen) atoms. The van der Waals surface area contributed by atoms with Crippen molar-refractivity contribution in [2.75, 3.05) is 5.73 Å². The van der Waals surface area contributed by atoms with Crippen LogP contribution in [0.15, 0.2) is 36.7 Å². The van der Waals surface area contributed by atoms with Crippen LogP contribution in [0.4, 0.5) is 10.1 Å². The van der Waals surface area contributed by atoms with Gasteiger partial charge in [0.25, 0.3) is 0 Å². The fourth-order valence-corrected chi connectivity index (χ4v) is 1.56. The van der Waals surface area contributed by atoms with Crippen LogP contribution in [0.5, 0.6) is 0 Å². The van der Waals surface area contributed by atoms with E-state index in [2.05, 4.69) is 4.98 Å². The van der Waals surface area contributed by atoms with E-state index in [-0.39, 0.29) is 5.82 Å². The third kappa shape index (κ3) is 3.03. The zero-order valence-corrected chi connectivity index (χ0v) is 10.4. The molecular formula is C14H17FN2. The smallest absolute Gasteiger partial charge is 0.134 e. The molecule has 0 fully saturated rings. The van der Waals surface area contributed by atoms with E-state index in [0.717, 1.165) is 11.1 Å². The average Bonchev–Trinajstić information content (AvgIpc) is 2.33. The SMILES string of the molecule is CC.Cc1cc(N)ccc1-c1cnccc1F. The minimum atomic E-state index is -0.266. The van der Waals surface area contributed by atoms with Gasteiger partial charge in [0.2, 0.25) is 0 Å². The number of aromatic nitrogens is 1. The van der Waals surface area contributed by atoms with Crippen LogP contribution in [-0.2, 0) is 0 Å². The van der Waals surface area contributed by atoms with E-state index in [1.165, 1.54) is 18.5 Å². The molecule has 2 nitrogen and oxygen atoms in total. The zero-order valence-electron chi connectivity index (χ0n) is 10.4. The standard InChI is InChI=1S/C12H11FN2.C2H6/c1-8-6-9(14)2-3-10(8)11-7-15-5-4-12(11)13;1-2/h2-7H,14H2,1H3;1-2H3. The van der Waals surface area contributed by atoms with Crippen molar-refractivity contribution < 1.29 is 4.39 Å². The largest absolute Gasteiger partial charge is 0.399 e. The summed E-state index contributed by atoms with van der Waals surface area (Å²) in [6.45, 7) is 5.90. The van der Waals surface area contributed by atoms with Gasteiger partial charge in [0.1, 0.15) is 5.82 Å². The van der Waals surface area contributed by atoms with Crippen molar-refractivity contribution in [3.05, 3.63) is 48.0 Å². The van der Waals surface area contributed by atoms with Crippen LogP contribution in [0, 0.1) is 12.7 Å². The Morgan fingerprint density at radius 3 is 2.41 bits per heavy atom. The van der Waals surface area contributed by atoms with Crippen molar-refractivity contribution in [2.45, 2.75) is 20.8 Å². The molecule has 0 aliphatic heterocycles. The van der Waals surface area contributed by atoms with Crippen LogP contribution in [0.3, 0.4) is 0 Å². The lowest BCUT2D eigenvalue weighted by molar-refractivity contribution is 0.629. The van der Waals surface area contributed by atoms with Crippen molar-refractivity contribution in [1.82, 2.24) is 4.98 Å². The van der Waals surface area contributed by atoms with Crippen LogP contribution in [-0.4, -0.2) is 4.98 Å². The van der Waals surface area contributed by atoms with Gasteiger partial charge in [0.15, 0.2) is 0 Å². The number of rotatable bonds is 1. The summed E-state index contributed by atoms with van der Waals surface area (Å²) in [5.41, 5.74) is 8.60. The van der Waals surface area contributed by atoms with Crippen molar-refractivity contribution in [3.8, 4) is 11.1 Å². The van der Waals surface area contributed by atoms with E-state index in [1.807, 2.05) is 32.9 Å². The molecule has 1 aromatic carbocycles. The number of halogens is 1. The molecule has 0 bridgehead atoms. The Bertz CT molecular complexity index is 495. The molecule has 3 heteroatoms. The molecule has 0 saturated carbocycles. The number of aryl methyl sites for hydroxylation is 1. The molecule has 0 aliphatic rings. The summed E-state index contributed by atoms with van der Waals surface area (Å²) in [5, 5.41) is 0. The highest BCUT2D eigenvalue weighted by Crippen LogP contribution is 2.26. The van der Waals surface area contributed by atoms with Crippen LogP contribution < -0.4 is 5.73 Å². The van der Waals surface area contributed by atoms with Gasteiger partial charge in [-0.05, 0) is 36.2 Å². The fraction of sp³-hybridized carbons (Fsp3) is 0.214. The molecule has 2 N–H and O–H groups in total. The summed E-state index contributed by atoms with van der Waals surface area (Å²) in [5.74, 6) is -0.266.